The van der Waals surface area contributed by atoms with E-state index in [-0.39, 0.29) is 22.5 Å². The summed E-state index contributed by atoms with van der Waals surface area (Å²) in [5, 5.41) is 1.31. The summed E-state index contributed by atoms with van der Waals surface area (Å²) in [6.45, 7) is 3.06. The van der Waals surface area contributed by atoms with Gasteiger partial charge in [0.1, 0.15) is 16.9 Å². The molecule has 6 nitrogen and oxygen atoms in total. The fourth-order valence-electron chi connectivity index (χ4n) is 3.06. The maximum Gasteiger partial charge on any atom is 0.308 e. The molecule has 2 aromatic carbocycles. The molecule has 2 heterocycles. The number of rotatable bonds is 2. The fraction of sp³-hybridized carbons (Fsp3) is 0.0952. The highest BCUT2D eigenvalue weighted by Gasteiger charge is 2.18. The number of benzene rings is 2. The van der Waals surface area contributed by atoms with E-state index in [1.807, 2.05) is 30.3 Å². The number of pyridine rings is 1. The first-order chi connectivity index (χ1) is 12.9. The lowest BCUT2D eigenvalue weighted by atomic mass is 10.1. The highest BCUT2D eigenvalue weighted by molar-refractivity contribution is 5.89. The van der Waals surface area contributed by atoms with Gasteiger partial charge in [-0.05, 0) is 30.7 Å². The molecular weight excluding hydrogens is 344 g/mol. The number of nitrogens with two attached hydrogens (primary N) is 1. The second-order valence-electron chi connectivity index (χ2n) is 6.27. The fourth-order valence-corrected chi connectivity index (χ4v) is 3.06. The van der Waals surface area contributed by atoms with Gasteiger partial charge in [0.15, 0.2) is 0 Å². The summed E-state index contributed by atoms with van der Waals surface area (Å²) in [5.74, 6) is -0.160. The third-order valence-corrected chi connectivity index (χ3v) is 4.32. The van der Waals surface area contributed by atoms with E-state index in [1.54, 1.807) is 19.1 Å². The van der Waals surface area contributed by atoms with Gasteiger partial charge >= 0.3 is 5.97 Å². The Bertz CT molecular complexity index is 1270. The van der Waals surface area contributed by atoms with E-state index in [0.29, 0.717) is 22.4 Å². The predicted molar refractivity (Wildman–Crippen MR) is 104 cm³/mol. The Morgan fingerprint density at radius 3 is 2.70 bits per heavy atom. The molecular formula is C21H16N2O4. The van der Waals surface area contributed by atoms with E-state index in [4.69, 9.17) is 14.9 Å². The molecule has 0 fully saturated rings. The average molecular weight is 360 g/mol. The zero-order valence-corrected chi connectivity index (χ0v) is 14.8. The van der Waals surface area contributed by atoms with Crippen LogP contribution in [-0.4, -0.2) is 11.0 Å². The van der Waals surface area contributed by atoms with Crippen LogP contribution in [0.5, 0.6) is 5.75 Å². The lowest BCUT2D eigenvalue weighted by Crippen LogP contribution is -2.11. The number of nitrogen functional groups attached to an aromatic ring is 1. The van der Waals surface area contributed by atoms with E-state index in [2.05, 4.69) is 4.98 Å². The molecule has 0 aliphatic heterocycles. The number of nitrogens with zero attached hydrogens (tertiary/aromatic N) is 1. The highest BCUT2D eigenvalue weighted by Crippen LogP contribution is 2.30. The van der Waals surface area contributed by atoms with Crippen molar-refractivity contribution in [2.75, 3.05) is 5.73 Å². The number of hydrogen-bond acceptors (Lipinski definition) is 6. The summed E-state index contributed by atoms with van der Waals surface area (Å²) < 4.78 is 10.8. The molecule has 0 spiro atoms. The number of hydrogen-bond donors (Lipinski definition) is 1. The van der Waals surface area contributed by atoms with Crippen LogP contribution >= 0.6 is 0 Å². The van der Waals surface area contributed by atoms with Crippen LogP contribution in [0.3, 0.4) is 0 Å². The Kier molecular flexibility index (Phi) is 3.88. The van der Waals surface area contributed by atoms with Crippen molar-refractivity contribution < 1.29 is 13.9 Å². The molecule has 0 saturated heterocycles. The molecule has 0 bridgehead atoms. The molecule has 2 N–H and O–H groups in total. The maximum atomic E-state index is 13.1. The standard InChI is InChI=1S/C21H16N2O4/c1-11-9-14-18(10-17(11)26-12(2)24)27-21(22)19(20(14)25)16-8-7-13-5-3-4-6-15(13)23-16/h3-10H,22H2,1-2H3. The molecule has 134 valence electrons. The Balaban J connectivity index is 1.95. The first-order valence-corrected chi connectivity index (χ1v) is 8.35. The van der Waals surface area contributed by atoms with E-state index < -0.39 is 5.97 Å². The van der Waals surface area contributed by atoms with Crippen LogP contribution < -0.4 is 15.9 Å². The number of carbonyl (C=O) groups excluding carboxylic acids is 1. The number of para-hydroxylation sites is 1. The number of anilines is 1. The topological polar surface area (TPSA) is 95.4 Å². The first kappa shape index (κ1) is 16.8. The molecule has 0 unspecified atom stereocenters. The smallest absolute Gasteiger partial charge is 0.308 e. The van der Waals surface area contributed by atoms with E-state index >= 15 is 0 Å². The largest absolute Gasteiger partial charge is 0.440 e. The zero-order valence-electron chi connectivity index (χ0n) is 14.8. The molecule has 0 radical (unpaired) electrons. The molecule has 0 saturated carbocycles. The average Bonchev–Trinajstić information content (AvgIpc) is 2.63. The van der Waals surface area contributed by atoms with Crippen LogP contribution in [0, 0.1) is 6.92 Å². The monoisotopic (exact) mass is 360 g/mol. The minimum Gasteiger partial charge on any atom is -0.440 e. The van der Waals surface area contributed by atoms with Crippen LogP contribution in [0.4, 0.5) is 5.88 Å². The molecule has 6 heteroatoms. The summed E-state index contributed by atoms with van der Waals surface area (Å²) in [6.07, 6.45) is 0. The van der Waals surface area contributed by atoms with Crippen LogP contribution in [0.2, 0.25) is 0 Å². The number of carbonyl (C=O) groups is 1. The molecule has 27 heavy (non-hydrogen) atoms. The molecule has 0 amide bonds. The molecule has 4 aromatic rings. The number of fused-ring (bicyclic) bond motifs is 2. The van der Waals surface area contributed by atoms with Crippen molar-refractivity contribution in [2.24, 2.45) is 0 Å². The van der Waals surface area contributed by atoms with E-state index in [0.717, 1.165) is 10.9 Å². The summed E-state index contributed by atoms with van der Waals surface area (Å²) in [6, 6.07) is 14.4. The second-order valence-corrected chi connectivity index (χ2v) is 6.27. The number of esters is 1. The minimum absolute atomic E-state index is 0.0343. The summed E-state index contributed by atoms with van der Waals surface area (Å²) in [4.78, 5) is 28.9. The Labute approximate surface area is 154 Å². The third kappa shape index (κ3) is 2.91. The minimum atomic E-state index is -0.454. The maximum absolute atomic E-state index is 13.1. The summed E-state index contributed by atoms with van der Waals surface area (Å²) >= 11 is 0. The molecule has 4 rings (SSSR count). The predicted octanol–water partition coefficient (Wildman–Crippen LogP) is 3.82. The van der Waals surface area contributed by atoms with Gasteiger partial charge in [-0.1, -0.05) is 24.3 Å². The van der Waals surface area contributed by atoms with Gasteiger partial charge in [0.05, 0.1) is 16.6 Å². The van der Waals surface area contributed by atoms with Gasteiger partial charge in [-0.3, -0.25) is 9.59 Å². The van der Waals surface area contributed by atoms with Gasteiger partial charge in [0.25, 0.3) is 0 Å². The van der Waals surface area contributed by atoms with Crippen LogP contribution in [-0.2, 0) is 4.79 Å². The van der Waals surface area contributed by atoms with Crippen molar-refractivity contribution in [3.63, 3.8) is 0 Å². The van der Waals surface area contributed by atoms with Crippen LogP contribution in [0.1, 0.15) is 12.5 Å². The number of aryl methyl sites for hydroxylation is 1. The molecule has 0 aliphatic rings. The second kappa shape index (κ2) is 6.25. The Morgan fingerprint density at radius 2 is 1.93 bits per heavy atom. The lowest BCUT2D eigenvalue weighted by Gasteiger charge is -2.10. The van der Waals surface area contributed by atoms with Gasteiger partial charge in [-0.2, -0.15) is 0 Å². The van der Waals surface area contributed by atoms with Crippen LogP contribution in [0.15, 0.2) is 57.7 Å². The van der Waals surface area contributed by atoms with Gasteiger partial charge < -0.3 is 14.9 Å². The van der Waals surface area contributed by atoms with Crippen molar-refractivity contribution >= 4 is 33.7 Å². The van der Waals surface area contributed by atoms with Gasteiger partial charge in [-0.25, -0.2) is 4.98 Å². The van der Waals surface area contributed by atoms with Crippen molar-refractivity contribution in [3.8, 4) is 17.0 Å². The quantitative estimate of drug-likeness (QED) is 0.431. The normalized spacial score (nSPS) is 11.0. The molecule has 0 atom stereocenters. The lowest BCUT2D eigenvalue weighted by molar-refractivity contribution is -0.131. The van der Waals surface area contributed by atoms with Gasteiger partial charge in [0, 0.05) is 18.4 Å². The van der Waals surface area contributed by atoms with E-state index in [1.165, 1.54) is 13.0 Å². The van der Waals surface area contributed by atoms with Crippen molar-refractivity contribution in [2.45, 2.75) is 13.8 Å². The van der Waals surface area contributed by atoms with Crippen LogP contribution in [0.25, 0.3) is 33.1 Å². The van der Waals surface area contributed by atoms with E-state index in [9.17, 15) is 9.59 Å². The number of aromatic nitrogens is 1. The highest BCUT2D eigenvalue weighted by atomic mass is 16.5. The van der Waals surface area contributed by atoms with Gasteiger partial charge in [-0.15, -0.1) is 0 Å². The molecule has 0 aliphatic carbocycles. The summed E-state index contributed by atoms with van der Waals surface area (Å²) in [7, 11) is 0. The number of ether oxygens (including phenoxy) is 1. The van der Waals surface area contributed by atoms with Crippen molar-refractivity contribution in [1.82, 2.24) is 4.98 Å². The zero-order chi connectivity index (χ0) is 19.1. The third-order valence-electron chi connectivity index (χ3n) is 4.32. The van der Waals surface area contributed by atoms with Crippen molar-refractivity contribution in [3.05, 3.63) is 64.3 Å². The Morgan fingerprint density at radius 1 is 1.15 bits per heavy atom. The van der Waals surface area contributed by atoms with Gasteiger partial charge in [0.2, 0.25) is 11.3 Å². The SMILES string of the molecule is CC(=O)Oc1cc2oc(N)c(-c3ccc4ccccc4n3)c(=O)c2cc1C. The molecule has 2 aromatic heterocycles. The Hall–Kier alpha value is -3.67. The first-order valence-electron chi connectivity index (χ1n) is 8.35. The van der Waals surface area contributed by atoms with Crippen molar-refractivity contribution in [1.29, 1.82) is 0 Å². The summed E-state index contributed by atoms with van der Waals surface area (Å²) in [5.41, 5.74) is 8.08.